The molecule has 0 spiro atoms. The lowest BCUT2D eigenvalue weighted by Crippen LogP contribution is -2.36. The van der Waals surface area contributed by atoms with Gasteiger partial charge in [-0.15, -0.1) is 0 Å². The van der Waals surface area contributed by atoms with E-state index in [1.165, 1.54) is 17.0 Å². The highest BCUT2D eigenvalue weighted by atomic mass is 16.5. The summed E-state index contributed by atoms with van der Waals surface area (Å²) in [5.41, 5.74) is 2.91. The van der Waals surface area contributed by atoms with E-state index in [0.717, 1.165) is 48.8 Å². The van der Waals surface area contributed by atoms with Crippen LogP contribution in [-0.2, 0) is 16.1 Å². The Labute approximate surface area is 197 Å². The fraction of sp³-hybridized carbons (Fsp3) is 0.375. The Kier molecular flexibility index (Phi) is 6.22. The second-order valence-corrected chi connectivity index (χ2v) is 8.60. The van der Waals surface area contributed by atoms with Crippen molar-refractivity contribution < 1.29 is 9.53 Å². The molecule has 3 heterocycles. The zero-order chi connectivity index (χ0) is 23.5. The topological polar surface area (TPSA) is 114 Å². The lowest BCUT2D eigenvalue weighted by atomic mass is 10.2. The SMILES string of the molecule is Cc1cc(N2CCOCC2)nc(Nc2ccc(NC(=O)Cn3cnc(C4CC4)cc3=O)cc2)n1. The van der Waals surface area contributed by atoms with E-state index in [2.05, 4.69) is 30.5 Å². The first-order chi connectivity index (χ1) is 16.5. The normalized spacial score (nSPS) is 15.7. The first kappa shape index (κ1) is 22.0. The van der Waals surface area contributed by atoms with Gasteiger partial charge in [0.1, 0.15) is 12.4 Å². The van der Waals surface area contributed by atoms with Gasteiger partial charge in [-0.2, -0.15) is 4.98 Å². The molecule has 1 aromatic carbocycles. The maximum atomic E-state index is 12.4. The molecule has 2 fully saturated rings. The fourth-order valence-corrected chi connectivity index (χ4v) is 3.84. The molecule has 0 unspecified atom stereocenters. The molecule has 2 aliphatic rings. The van der Waals surface area contributed by atoms with E-state index in [1.54, 1.807) is 12.1 Å². The molecule has 1 amide bonds. The third-order valence-corrected chi connectivity index (χ3v) is 5.81. The maximum Gasteiger partial charge on any atom is 0.254 e. The fourth-order valence-electron chi connectivity index (χ4n) is 3.84. The number of carbonyl (C=O) groups excluding carboxylic acids is 1. The summed E-state index contributed by atoms with van der Waals surface area (Å²) in [4.78, 5) is 40.3. The first-order valence-electron chi connectivity index (χ1n) is 11.5. The lowest BCUT2D eigenvalue weighted by molar-refractivity contribution is -0.116. The van der Waals surface area contributed by atoms with Crippen LogP contribution in [0.5, 0.6) is 0 Å². The summed E-state index contributed by atoms with van der Waals surface area (Å²) >= 11 is 0. The van der Waals surface area contributed by atoms with Crippen molar-refractivity contribution in [2.75, 3.05) is 41.8 Å². The van der Waals surface area contributed by atoms with Crippen LogP contribution in [0.4, 0.5) is 23.1 Å². The van der Waals surface area contributed by atoms with Gasteiger partial charge in [0.15, 0.2) is 0 Å². The number of morpholine rings is 1. The summed E-state index contributed by atoms with van der Waals surface area (Å²) in [5, 5.41) is 6.04. The molecule has 0 atom stereocenters. The number of nitrogens with one attached hydrogen (secondary N) is 2. The van der Waals surface area contributed by atoms with Gasteiger partial charge in [-0.3, -0.25) is 14.2 Å². The van der Waals surface area contributed by atoms with Crippen LogP contribution in [-0.4, -0.2) is 51.7 Å². The van der Waals surface area contributed by atoms with Gasteiger partial charge in [0, 0.05) is 48.2 Å². The number of amides is 1. The predicted octanol–water partition coefficient (Wildman–Crippen LogP) is 2.44. The van der Waals surface area contributed by atoms with Crippen molar-refractivity contribution >= 4 is 29.0 Å². The molecule has 1 saturated heterocycles. The van der Waals surface area contributed by atoms with Gasteiger partial charge in [-0.1, -0.05) is 0 Å². The van der Waals surface area contributed by atoms with Gasteiger partial charge in [0.2, 0.25) is 11.9 Å². The average molecular weight is 462 g/mol. The van der Waals surface area contributed by atoms with Crippen molar-refractivity contribution in [2.45, 2.75) is 32.2 Å². The minimum Gasteiger partial charge on any atom is -0.378 e. The van der Waals surface area contributed by atoms with Gasteiger partial charge < -0.3 is 20.3 Å². The van der Waals surface area contributed by atoms with Gasteiger partial charge in [-0.25, -0.2) is 9.97 Å². The summed E-state index contributed by atoms with van der Waals surface area (Å²) in [6, 6.07) is 10.8. The standard InChI is InChI=1S/C24H27N7O3/c1-16-12-21(30-8-10-34-11-9-30)29-24(26-16)28-19-6-4-18(5-7-19)27-22(32)14-31-15-25-20(13-23(31)33)17-2-3-17/h4-7,12-13,15,17H,2-3,8-11,14H2,1H3,(H,27,32)(H,26,28,29). The molecule has 1 aliphatic heterocycles. The summed E-state index contributed by atoms with van der Waals surface area (Å²) in [6.07, 6.45) is 3.61. The molecule has 5 rings (SSSR count). The molecule has 3 aromatic rings. The van der Waals surface area contributed by atoms with Crippen molar-refractivity contribution in [1.82, 2.24) is 19.5 Å². The highest BCUT2D eigenvalue weighted by Crippen LogP contribution is 2.38. The van der Waals surface area contributed by atoms with Crippen molar-refractivity contribution in [1.29, 1.82) is 0 Å². The van der Waals surface area contributed by atoms with E-state index in [-0.39, 0.29) is 18.0 Å². The Morgan fingerprint density at radius 1 is 1.09 bits per heavy atom. The van der Waals surface area contributed by atoms with Gasteiger partial charge in [0.05, 0.1) is 25.2 Å². The number of anilines is 4. The zero-order valence-electron chi connectivity index (χ0n) is 19.0. The zero-order valence-corrected chi connectivity index (χ0v) is 19.0. The third-order valence-electron chi connectivity index (χ3n) is 5.81. The number of aromatic nitrogens is 4. The van der Waals surface area contributed by atoms with Gasteiger partial charge >= 0.3 is 0 Å². The molecular formula is C24H27N7O3. The predicted molar refractivity (Wildman–Crippen MR) is 129 cm³/mol. The Bertz CT molecular complexity index is 1230. The first-order valence-corrected chi connectivity index (χ1v) is 11.5. The third kappa shape index (κ3) is 5.40. The van der Waals surface area contributed by atoms with E-state index in [1.807, 2.05) is 25.1 Å². The molecule has 2 aromatic heterocycles. The van der Waals surface area contributed by atoms with Crippen molar-refractivity contribution in [2.24, 2.45) is 0 Å². The second kappa shape index (κ2) is 9.60. The number of hydrogen-bond donors (Lipinski definition) is 2. The van der Waals surface area contributed by atoms with Crippen LogP contribution in [0.1, 0.15) is 30.1 Å². The highest BCUT2D eigenvalue weighted by molar-refractivity contribution is 5.90. The Balaban J connectivity index is 1.20. The van der Waals surface area contributed by atoms with E-state index < -0.39 is 0 Å². The number of hydrogen-bond acceptors (Lipinski definition) is 8. The van der Waals surface area contributed by atoms with Crippen LogP contribution < -0.4 is 21.1 Å². The largest absolute Gasteiger partial charge is 0.378 e. The Morgan fingerprint density at radius 2 is 1.82 bits per heavy atom. The van der Waals surface area contributed by atoms with Crippen molar-refractivity contribution in [3.8, 4) is 0 Å². The number of carbonyl (C=O) groups is 1. The minimum absolute atomic E-state index is 0.0851. The minimum atomic E-state index is -0.291. The van der Waals surface area contributed by atoms with Crippen LogP contribution in [0.3, 0.4) is 0 Å². The monoisotopic (exact) mass is 461 g/mol. The molecule has 10 nitrogen and oxygen atoms in total. The van der Waals surface area contributed by atoms with Crippen molar-refractivity contribution in [3.05, 3.63) is 64.5 Å². The van der Waals surface area contributed by atoms with Crippen LogP contribution >= 0.6 is 0 Å². The molecule has 0 bridgehead atoms. The smallest absolute Gasteiger partial charge is 0.254 e. The van der Waals surface area contributed by atoms with E-state index >= 15 is 0 Å². The molecular weight excluding hydrogens is 434 g/mol. The highest BCUT2D eigenvalue weighted by Gasteiger charge is 2.25. The van der Waals surface area contributed by atoms with E-state index in [4.69, 9.17) is 4.74 Å². The Morgan fingerprint density at radius 3 is 2.53 bits per heavy atom. The van der Waals surface area contributed by atoms with Crippen LogP contribution in [0.15, 0.2) is 47.5 Å². The van der Waals surface area contributed by atoms with Crippen LogP contribution in [0, 0.1) is 6.92 Å². The summed E-state index contributed by atoms with van der Waals surface area (Å²) < 4.78 is 6.74. The quantitative estimate of drug-likeness (QED) is 0.552. The number of benzene rings is 1. The van der Waals surface area contributed by atoms with Gasteiger partial charge in [0.25, 0.3) is 5.56 Å². The number of aryl methyl sites for hydroxylation is 1. The van der Waals surface area contributed by atoms with E-state index in [9.17, 15) is 9.59 Å². The lowest BCUT2D eigenvalue weighted by Gasteiger charge is -2.28. The summed E-state index contributed by atoms with van der Waals surface area (Å²) in [5.74, 6) is 1.50. The van der Waals surface area contributed by atoms with Crippen molar-refractivity contribution in [3.63, 3.8) is 0 Å². The maximum absolute atomic E-state index is 12.4. The number of nitrogens with zero attached hydrogens (tertiary/aromatic N) is 5. The summed E-state index contributed by atoms with van der Waals surface area (Å²) in [6.45, 7) is 4.84. The molecule has 34 heavy (non-hydrogen) atoms. The summed E-state index contributed by atoms with van der Waals surface area (Å²) in [7, 11) is 0. The molecule has 0 radical (unpaired) electrons. The molecule has 1 saturated carbocycles. The molecule has 2 N–H and O–H groups in total. The average Bonchev–Trinajstić information content (AvgIpc) is 3.67. The molecule has 176 valence electrons. The van der Waals surface area contributed by atoms with Crippen LogP contribution in [0.25, 0.3) is 0 Å². The second-order valence-electron chi connectivity index (χ2n) is 8.60. The van der Waals surface area contributed by atoms with Crippen LogP contribution in [0.2, 0.25) is 0 Å². The Hall–Kier alpha value is -3.79. The molecule has 1 aliphatic carbocycles. The number of rotatable bonds is 7. The van der Waals surface area contributed by atoms with E-state index in [0.29, 0.717) is 30.8 Å². The number of ether oxygens (including phenoxy) is 1. The van der Waals surface area contributed by atoms with Gasteiger partial charge in [-0.05, 0) is 44.0 Å². The molecule has 10 heteroatoms.